The van der Waals surface area contributed by atoms with Crippen molar-refractivity contribution in [1.82, 2.24) is 4.98 Å². The van der Waals surface area contributed by atoms with Crippen molar-refractivity contribution in [3.8, 4) is 33.5 Å². The molecule has 9 rings (SSSR count). The molecule has 266 valence electrons. The molecular weight excluding hydrogens is 662 g/mol. The molecule has 0 saturated carbocycles. The maximum absolute atomic E-state index is 14.6. The minimum Gasteiger partial charge on any atom is -0.307 e. The highest BCUT2D eigenvalue weighted by molar-refractivity contribution is 6.00. The van der Waals surface area contributed by atoms with Crippen LogP contribution in [0.3, 0.4) is 0 Å². The van der Waals surface area contributed by atoms with Crippen molar-refractivity contribution in [2.75, 3.05) is 4.90 Å². The predicted octanol–water partition coefficient (Wildman–Crippen LogP) is 13.4. The summed E-state index contributed by atoms with van der Waals surface area (Å²) in [6, 6.07) is 31.9. The number of benzene rings is 5. The molecule has 0 fully saturated rings. The van der Waals surface area contributed by atoms with Crippen LogP contribution in [0.4, 0.5) is 30.2 Å². The van der Waals surface area contributed by atoms with Gasteiger partial charge in [-0.1, -0.05) is 93.9 Å². The van der Waals surface area contributed by atoms with Crippen molar-refractivity contribution < 1.29 is 13.2 Å². The number of nitrogens with zero attached hydrogens (tertiary/aromatic N) is 2. The van der Waals surface area contributed by atoms with Gasteiger partial charge in [-0.3, -0.25) is 0 Å². The molecule has 0 unspecified atom stereocenters. The lowest BCUT2D eigenvalue weighted by Crippen LogP contribution is -2.44. The third-order valence-electron chi connectivity index (χ3n) is 12.4. The standard InChI is InChI=1S/C48H43F3N2/c1-26-19-27(2)40(28(3)20-26)39-25-38-43-44(52-39)47(8,9)37-24-31(32-17-13-14-18-33(32)48(49,50)51)23-36-42(37)53(43)41-34(45(36,4)5)21-30(22-35(41)46(38,6)7)29-15-11-10-12-16-29/h10-25H,1-9H3. The molecule has 0 N–H and O–H groups in total. The first-order valence-electron chi connectivity index (χ1n) is 18.5. The molecule has 53 heavy (non-hydrogen) atoms. The maximum Gasteiger partial charge on any atom is 0.417 e. The number of hydrogen-bond donors (Lipinski definition) is 0. The molecule has 3 aliphatic rings. The fraction of sp³-hybridized carbons (Fsp3) is 0.271. The van der Waals surface area contributed by atoms with E-state index in [1.807, 2.05) is 18.2 Å². The van der Waals surface area contributed by atoms with Gasteiger partial charge in [0.15, 0.2) is 0 Å². The molecule has 0 saturated heterocycles. The highest BCUT2D eigenvalue weighted by atomic mass is 19.4. The van der Waals surface area contributed by atoms with Gasteiger partial charge in [0.05, 0.1) is 34.0 Å². The first kappa shape index (κ1) is 33.7. The summed E-state index contributed by atoms with van der Waals surface area (Å²) in [5.41, 5.74) is 16.3. The van der Waals surface area contributed by atoms with Crippen molar-refractivity contribution in [1.29, 1.82) is 0 Å². The summed E-state index contributed by atoms with van der Waals surface area (Å²) in [5.74, 6) is 0. The van der Waals surface area contributed by atoms with Crippen LogP contribution in [0.1, 0.15) is 97.3 Å². The Morgan fingerprint density at radius 1 is 0.528 bits per heavy atom. The fourth-order valence-corrected chi connectivity index (χ4v) is 9.73. The van der Waals surface area contributed by atoms with Crippen molar-refractivity contribution in [3.05, 3.63) is 153 Å². The molecule has 0 aliphatic carbocycles. The van der Waals surface area contributed by atoms with Gasteiger partial charge >= 0.3 is 6.18 Å². The maximum atomic E-state index is 14.6. The molecule has 0 atom stereocenters. The van der Waals surface area contributed by atoms with Crippen LogP contribution in [0.25, 0.3) is 33.5 Å². The predicted molar refractivity (Wildman–Crippen MR) is 211 cm³/mol. The zero-order valence-electron chi connectivity index (χ0n) is 31.8. The van der Waals surface area contributed by atoms with Gasteiger partial charge < -0.3 is 4.90 Å². The molecule has 1 aromatic heterocycles. The van der Waals surface area contributed by atoms with Gasteiger partial charge in [-0.05, 0) is 132 Å². The molecule has 5 aromatic carbocycles. The normalized spacial score (nSPS) is 16.7. The highest BCUT2D eigenvalue weighted by Gasteiger charge is 2.53. The zero-order valence-corrected chi connectivity index (χ0v) is 31.8. The minimum absolute atomic E-state index is 0.189. The van der Waals surface area contributed by atoms with Gasteiger partial charge in [-0.15, -0.1) is 0 Å². The average molecular weight is 705 g/mol. The van der Waals surface area contributed by atoms with Gasteiger partial charge in [0, 0.05) is 21.8 Å². The van der Waals surface area contributed by atoms with Crippen molar-refractivity contribution in [3.63, 3.8) is 0 Å². The second kappa shape index (κ2) is 10.7. The highest BCUT2D eigenvalue weighted by Crippen LogP contribution is 2.67. The molecule has 0 bridgehead atoms. The van der Waals surface area contributed by atoms with Crippen LogP contribution in [0.15, 0.2) is 97.1 Å². The number of pyridine rings is 1. The number of alkyl halides is 3. The summed E-state index contributed by atoms with van der Waals surface area (Å²) in [5, 5.41) is 0. The topological polar surface area (TPSA) is 16.1 Å². The summed E-state index contributed by atoms with van der Waals surface area (Å²) in [7, 11) is 0. The Balaban J connectivity index is 1.44. The number of hydrogen-bond acceptors (Lipinski definition) is 2. The molecule has 4 heterocycles. The van der Waals surface area contributed by atoms with E-state index < -0.39 is 28.0 Å². The van der Waals surface area contributed by atoms with Gasteiger partial charge in [0.25, 0.3) is 0 Å². The van der Waals surface area contributed by atoms with Crippen LogP contribution in [-0.2, 0) is 22.4 Å². The van der Waals surface area contributed by atoms with Gasteiger partial charge in [-0.25, -0.2) is 4.98 Å². The van der Waals surface area contributed by atoms with E-state index in [0.29, 0.717) is 5.56 Å². The van der Waals surface area contributed by atoms with E-state index in [1.54, 1.807) is 12.1 Å². The van der Waals surface area contributed by atoms with Gasteiger partial charge in [0.2, 0.25) is 0 Å². The summed E-state index contributed by atoms with van der Waals surface area (Å²) in [6.45, 7) is 20.0. The molecule has 3 aliphatic heterocycles. The Kier molecular flexibility index (Phi) is 6.81. The fourth-order valence-electron chi connectivity index (χ4n) is 9.73. The molecule has 5 heteroatoms. The third kappa shape index (κ3) is 4.55. The Morgan fingerprint density at radius 3 is 1.58 bits per heavy atom. The van der Waals surface area contributed by atoms with Gasteiger partial charge in [-0.2, -0.15) is 13.2 Å². The molecular formula is C48H43F3N2. The number of anilines is 3. The first-order valence-corrected chi connectivity index (χ1v) is 18.5. The Labute approximate surface area is 310 Å². The summed E-state index contributed by atoms with van der Waals surface area (Å²) < 4.78 is 43.9. The largest absolute Gasteiger partial charge is 0.417 e. The van der Waals surface area contributed by atoms with Crippen LogP contribution in [0.2, 0.25) is 0 Å². The van der Waals surface area contributed by atoms with Crippen molar-refractivity contribution >= 4 is 17.1 Å². The van der Waals surface area contributed by atoms with Gasteiger partial charge in [0.1, 0.15) is 0 Å². The van der Waals surface area contributed by atoms with E-state index in [-0.39, 0.29) is 5.56 Å². The number of rotatable bonds is 3. The van der Waals surface area contributed by atoms with E-state index in [0.717, 1.165) is 56.1 Å². The third-order valence-corrected chi connectivity index (χ3v) is 12.4. The minimum atomic E-state index is -4.50. The Bertz CT molecular complexity index is 2530. The van der Waals surface area contributed by atoms with E-state index in [4.69, 9.17) is 4.98 Å². The number of aryl methyl sites for hydroxylation is 3. The van der Waals surface area contributed by atoms with Crippen LogP contribution in [0.5, 0.6) is 0 Å². The van der Waals surface area contributed by atoms with E-state index in [1.165, 1.54) is 45.6 Å². The lowest BCUT2D eigenvalue weighted by molar-refractivity contribution is -0.137. The number of aromatic nitrogens is 1. The second-order valence-electron chi connectivity index (χ2n) is 17.0. The molecule has 0 radical (unpaired) electrons. The zero-order chi connectivity index (χ0) is 37.6. The second-order valence-corrected chi connectivity index (χ2v) is 17.0. The van der Waals surface area contributed by atoms with E-state index in [2.05, 4.69) is 122 Å². The molecule has 2 nitrogen and oxygen atoms in total. The lowest BCUT2D eigenvalue weighted by Gasteiger charge is -2.55. The molecule has 0 spiro atoms. The van der Waals surface area contributed by atoms with Crippen molar-refractivity contribution in [2.24, 2.45) is 0 Å². The molecule has 6 aromatic rings. The lowest BCUT2D eigenvalue weighted by atomic mass is 9.61. The quantitative estimate of drug-likeness (QED) is 0.182. The number of halogens is 3. The smallest absolute Gasteiger partial charge is 0.307 e. The SMILES string of the molecule is Cc1cc(C)c(-c2cc3c4c(n2)C(C)(C)c2cc(-c5ccccc5C(F)(F)F)cc5c2N4c2c(cc(-c4ccccc4)cc2C3(C)C)C5(C)C)c(C)c1. The monoisotopic (exact) mass is 704 g/mol. The average Bonchev–Trinajstić information content (AvgIpc) is 3.10. The first-order chi connectivity index (χ1) is 24.9. The summed E-state index contributed by atoms with van der Waals surface area (Å²) in [4.78, 5) is 8.04. The summed E-state index contributed by atoms with van der Waals surface area (Å²) >= 11 is 0. The van der Waals surface area contributed by atoms with E-state index in [9.17, 15) is 13.2 Å². The summed E-state index contributed by atoms with van der Waals surface area (Å²) in [6.07, 6.45) is -4.50. The van der Waals surface area contributed by atoms with Crippen LogP contribution in [0, 0.1) is 20.8 Å². The van der Waals surface area contributed by atoms with Crippen LogP contribution < -0.4 is 4.90 Å². The Hall–Kier alpha value is -5.16. The van der Waals surface area contributed by atoms with Crippen LogP contribution in [-0.4, -0.2) is 4.98 Å². The van der Waals surface area contributed by atoms with Crippen LogP contribution >= 0.6 is 0 Å². The van der Waals surface area contributed by atoms with Crippen molar-refractivity contribution in [2.45, 2.75) is 84.7 Å². The Morgan fingerprint density at radius 2 is 1.02 bits per heavy atom. The molecule has 0 amide bonds. The van der Waals surface area contributed by atoms with E-state index >= 15 is 0 Å².